The summed E-state index contributed by atoms with van der Waals surface area (Å²) in [6, 6.07) is 9.73. The van der Waals surface area contributed by atoms with E-state index >= 15 is 0 Å². The van der Waals surface area contributed by atoms with Crippen LogP contribution in [0.25, 0.3) is 11.6 Å². The Bertz CT molecular complexity index is 1280. The molecule has 34 heavy (non-hydrogen) atoms. The Morgan fingerprint density at radius 1 is 1.09 bits per heavy atom. The van der Waals surface area contributed by atoms with Crippen molar-refractivity contribution in [1.82, 2.24) is 5.32 Å². The fourth-order valence-electron chi connectivity index (χ4n) is 4.69. The van der Waals surface area contributed by atoms with Crippen molar-refractivity contribution in [2.75, 3.05) is 16.3 Å². The van der Waals surface area contributed by atoms with E-state index in [9.17, 15) is 14.4 Å². The molecule has 1 saturated heterocycles. The largest absolute Gasteiger partial charge is 0.362 e. The lowest BCUT2D eigenvalue weighted by Gasteiger charge is -2.43. The molecule has 6 nitrogen and oxygen atoms in total. The molecule has 7 heteroatoms. The number of fused-ring (bicyclic) bond motifs is 1. The first kappa shape index (κ1) is 23.8. The molecule has 0 radical (unpaired) electrons. The minimum atomic E-state index is -0.798. The van der Waals surface area contributed by atoms with Gasteiger partial charge in [-0.2, -0.15) is 0 Å². The number of amides is 4. The predicted molar refractivity (Wildman–Crippen MR) is 137 cm³/mol. The molecule has 176 valence electrons. The van der Waals surface area contributed by atoms with Crippen LogP contribution < -0.4 is 15.1 Å². The number of nitrogens with one attached hydrogen (secondary N) is 1. The van der Waals surface area contributed by atoms with Crippen molar-refractivity contribution >= 4 is 52.5 Å². The lowest BCUT2D eigenvalue weighted by atomic mass is 9.86. The number of allylic oxidation sites excluding steroid dienone is 1. The van der Waals surface area contributed by atoms with Gasteiger partial charge in [-0.25, -0.2) is 9.69 Å². The average molecular weight is 478 g/mol. The van der Waals surface area contributed by atoms with Gasteiger partial charge in [0.25, 0.3) is 11.8 Å². The number of nitrogens with zero attached hydrogens (tertiary/aromatic N) is 2. The van der Waals surface area contributed by atoms with Crippen LogP contribution in [0.4, 0.5) is 16.2 Å². The van der Waals surface area contributed by atoms with Gasteiger partial charge in [0.1, 0.15) is 5.57 Å². The zero-order valence-corrected chi connectivity index (χ0v) is 20.8. The van der Waals surface area contributed by atoms with Gasteiger partial charge in [0, 0.05) is 22.8 Å². The molecule has 1 N–H and O–H groups in total. The smallest absolute Gasteiger partial charge is 0.335 e. The van der Waals surface area contributed by atoms with E-state index in [-0.39, 0.29) is 11.1 Å². The van der Waals surface area contributed by atoms with Crippen LogP contribution >= 0.6 is 11.6 Å². The Labute approximate surface area is 204 Å². The molecule has 2 aromatic rings. The monoisotopic (exact) mass is 477 g/mol. The third-order valence-corrected chi connectivity index (χ3v) is 6.52. The van der Waals surface area contributed by atoms with Crippen molar-refractivity contribution in [1.29, 1.82) is 0 Å². The Morgan fingerprint density at radius 3 is 2.50 bits per heavy atom. The molecule has 2 aliphatic heterocycles. The van der Waals surface area contributed by atoms with Crippen molar-refractivity contribution in [3.05, 3.63) is 69.8 Å². The van der Waals surface area contributed by atoms with E-state index in [0.717, 1.165) is 45.8 Å². The quantitative estimate of drug-likeness (QED) is 0.451. The number of halogens is 1. The van der Waals surface area contributed by atoms with E-state index in [2.05, 4.69) is 50.1 Å². The van der Waals surface area contributed by atoms with Crippen LogP contribution in [-0.4, -0.2) is 29.9 Å². The Kier molecular flexibility index (Phi) is 6.13. The van der Waals surface area contributed by atoms with Gasteiger partial charge in [-0.05, 0) is 87.2 Å². The molecule has 0 aromatic heterocycles. The second kappa shape index (κ2) is 8.76. The van der Waals surface area contributed by atoms with Crippen molar-refractivity contribution in [2.45, 2.75) is 46.6 Å². The number of anilines is 2. The Hall–Kier alpha value is -3.38. The van der Waals surface area contributed by atoms with E-state index in [1.54, 1.807) is 24.3 Å². The number of rotatable bonds is 4. The number of barbiturate groups is 1. The zero-order valence-electron chi connectivity index (χ0n) is 20.0. The zero-order chi connectivity index (χ0) is 24.8. The van der Waals surface area contributed by atoms with Gasteiger partial charge in [-0.15, -0.1) is 0 Å². The van der Waals surface area contributed by atoms with E-state index in [1.165, 1.54) is 6.07 Å². The van der Waals surface area contributed by atoms with Crippen molar-refractivity contribution in [3.63, 3.8) is 0 Å². The minimum Gasteiger partial charge on any atom is -0.362 e. The maximum Gasteiger partial charge on any atom is 0.335 e. The molecule has 0 atom stereocenters. The molecule has 0 unspecified atom stereocenters. The minimum absolute atomic E-state index is 0.106. The maximum absolute atomic E-state index is 13.3. The summed E-state index contributed by atoms with van der Waals surface area (Å²) in [6.07, 6.45) is 4.83. The number of hydrogen-bond donors (Lipinski definition) is 1. The van der Waals surface area contributed by atoms with Crippen molar-refractivity contribution in [2.24, 2.45) is 0 Å². The third kappa shape index (κ3) is 4.14. The van der Waals surface area contributed by atoms with Crippen LogP contribution in [0.15, 0.2) is 48.0 Å². The molecule has 2 aliphatic rings. The van der Waals surface area contributed by atoms with Crippen LogP contribution in [0, 0.1) is 6.92 Å². The number of carbonyl (C=O) groups is 3. The van der Waals surface area contributed by atoms with Crippen LogP contribution in [-0.2, 0) is 9.59 Å². The second-order valence-corrected chi connectivity index (χ2v) is 9.73. The fourth-order valence-corrected chi connectivity index (χ4v) is 4.88. The molecular formula is C27H28ClN3O3. The summed E-state index contributed by atoms with van der Waals surface area (Å²) < 4.78 is 0. The van der Waals surface area contributed by atoms with Gasteiger partial charge in [0.05, 0.1) is 11.2 Å². The number of carbonyl (C=O) groups excluding carboxylic acids is 3. The van der Waals surface area contributed by atoms with Crippen molar-refractivity contribution in [3.8, 4) is 0 Å². The summed E-state index contributed by atoms with van der Waals surface area (Å²) in [5.74, 6) is -1.40. The molecule has 4 amide bonds. The molecule has 4 rings (SSSR count). The van der Waals surface area contributed by atoms with E-state index < -0.39 is 17.8 Å². The van der Waals surface area contributed by atoms with Gasteiger partial charge >= 0.3 is 6.03 Å². The Morgan fingerprint density at radius 2 is 1.82 bits per heavy atom. The summed E-state index contributed by atoms with van der Waals surface area (Å²) in [7, 11) is 0. The summed E-state index contributed by atoms with van der Waals surface area (Å²) in [5.41, 5.74) is 5.11. The molecule has 2 aromatic carbocycles. The number of benzene rings is 2. The SMILES string of the molecule is CCCN1c2cc(C)c(/C=C3/C(=O)NC(=O)N(c4cccc(Cl)c4)C3=O)cc2C(C)=CC1(C)C. The number of aryl methyl sites for hydroxylation is 1. The first-order valence-corrected chi connectivity index (χ1v) is 11.7. The number of hydrogen-bond acceptors (Lipinski definition) is 4. The number of urea groups is 1. The molecular weight excluding hydrogens is 450 g/mol. The summed E-state index contributed by atoms with van der Waals surface area (Å²) >= 11 is 6.05. The second-order valence-electron chi connectivity index (χ2n) is 9.30. The normalized spacial score (nSPS) is 18.7. The summed E-state index contributed by atoms with van der Waals surface area (Å²) in [6.45, 7) is 11.5. The third-order valence-electron chi connectivity index (χ3n) is 6.28. The molecule has 0 saturated carbocycles. The van der Waals surface area contributed by atoms with Crippen LogP contribution in [0.2, 0.25) is 5.02 Å². The first-order valence-electron chi connectivity index (χ1n) is 11.3. The van der Waals surface area contributed by atoms with E-state index in [4.69, 9.17) is 11.6 Å². The predicted octanol–water partition coefficient (Wildman–Crippen LogP) is 5.73. The van der Waals surface area contributed by atoms with Gasteiger partial charge in [0.15, 0.2) is 0 Å². The number of imide groups is 2. The topological polar surface area (TPSA) is 69.7 Å². The lowest BCUT2D eigenvalue weighted by molar-refractivity contribution is -0.122. The van der Waals surface area contributed by atoms with Crippen LogP contribution in [0.5, 0.6) is 0 Å². The Balaban J connectivity index is 1.79. The van der Waals surface area contributed by atoms with Crippen LogP contribution in [0.3, 0.4) is 0 Å². The van der Waals surface area contributed by atoms with Gasteiger partial charge in [0.2, 0.25) is 0 Å². The molecule has 1 fully saturated rings. The standard InChI is InChI=1S/C27H28ClN3O3/c1-6-10-30-23-11-16(2)18(12-21(23)17(3)15-27(30,4)5)13-22-24(32)29-26(34)31(25(22)33)20-9-7-8-19(28)14-20/h7-9,11-15H,6,10H2,1-5H3,(H,29,32,34)/b22-13-. The molecule has 2 heterocycles. The summed E-state index contributed by atoms with van der Waals surface area (Å²) in [5, 5.41) is 2.65. The highest BCUT2D eigenvalue weighted by Crippen LogP contribution is 2.41. The highest BCUT2D eigenvalue weighted by atomic mass is 35.5. The van der Waals surface area contributed by atoms with Crippen LogP contribution in [0.1, 0.15) is 50.8 Å². The highest BCUT2D eigenvalue weighted by molar-refractivity contribution is 6.39. The van der Waals surface area contributed by atoms with Crippen molar-refractivity contribution < 1.29 is 14.4 Å². The maximum atomic E-state index is 13.3. The first-order chi connectivity index (χ1) is 16.0. The highest BCUT2D eigenvalue weighted by Gasteiger charge is 2.37. The van der Waals surface area contributed by atoms with E-state index in [1.807, 2.05) is 13.0 Å². The van der Waals surface area contributed by atoms with E-state index in [0.29, 0.717) is 10.7 Å². The lowest BCUT2D eigenvalue weighted by Crippen LogP contribution is -2.54. The molecule has 0 spiro atoms. The van der Waals surface area contributed by atoms with Gasteiger partial charge < -0.3 is 4.90 Å². The molecule has 0 bridgehead atoms. The van der Waals surface area contributed by atoms with Gasteiger partial charge in [-0.3, -0.25) is 14.9 Å². The average Bonchev–Trinajstić information content (AvgIpc) is 2.74. The van der Waals surface area contributed by atoms with Gasteiger partial charge in [-0.1, -0.05) is 30.7 Å². The summed E-state index contributed by atoms with van der Waals surface area (Å²) in [4.78, 5) is 41.7. The fraction of sp³-hybridized carbons (Fsp3) is 0.296. The molecule has 0 aliphatic carbocycles.